The van der Waals surface area contributed by atoms with Crippen LogP contribution in [0.25, 0.3) is 6.08 Å². The van der Waals surface area contributed by atoms with Gasteiger partial charge in [-0.15, -0.1) is 0 Å². The van der Waals surface area contributed by atoms with E-state index in [0.717, 1.165) is 17.1 Å². The third-order valence-electron chi connectivity index (χ3n) is 2.71. The van der Waals surface area contributed by atoms with Crippen LogP contribution in [0.4, 0.5) is 11.4 Å². The van der Waals surface area contributed by atoms with Crippen molar-refractivity contribution in [3.8, 4) is 0 Å². The number of benzene rings is 1. The third kappa shape index (κ3) is 1.54. The molecule has 0 saturated heterocycles. The zero-order chi connectivity index (χ0) is 10.8. The van der Waals surface area contributed by atoms with Crippen LogP contribution in [-0.4, -0.2) is 21.1 Å². The number of nitrogens with one attached hydrogen (secondary N) is 3. The van der Waals surface area contributed by atoms with Crippen LogP contribution < -0.4 is 16.0 Å². The molecule has 3 heteroatoms. The molecular formula is C12H16N3. The highest BCUT2D eigenvalue weighted by Gasteiger charge is 2.18. The minimum Gasteiger partial charge on any atom is -0.391 e. The minimum absolute atomic E-state index is 1.14. The summed E-state index contributed by atoms with van der Waals surface area (Å²) in [6.45, 7) is 0. The first-order valence-corrected chi connectivity index (χ1v) is 5.07. The van der Waals surface area contributed by atoms with Gasteiger partial charge in [0.2, 0.25) is 0 Å². The van der Waals surface area contributed by atoms with E-state index in [1.807, 2.05) is 21.1 Å². The maximum Gasteiger partial charge on any atom is 0.0416 e. The van der Waals surface area contributed by atoms with E-state index in [1.54, 1.807) is 0 Å². The summed E-state index contributed by atoms with van der Waals surface area (Å²) in [5.41, 5.74) is 5.95. The van der Waals surface area contributed by atoms with Crippen LogP contribution in [-0.2, 0) is 0 Å². The molecule has 1 aromatic carbocycles. The number of hydrogen-bond acceptors (Lipinski definition) is 3. The first-order chi connectivity index (χ1) is 7.30. The van der Waals surface area contributed by atoms with Gasteiger partial charge in [0.05, 0.1) is 0 Å². The van der Waals surface area contributed by atoms with Crippen molar-refractivity contribution in [2.75, 3.05) is 31.8 Å². The smallest absolute Gasteiger partial charge is 0.0416 e. The molecule has 2 rings (SSSR count). The summed E-state index contributed by atoms with van der Waals surface area (Å²) < 4.78 is 0. The lowest BCUT2D eigenvalue weighted by atomic mass is 10.1. The Morgan fingerprint density at radius 3 is 1.93 bits per heavy atom. The number of fused-ring (bicyclic) bond motifs is 1. The van der Waals surface area contributed by atoms with E-state index < -0.39 is 0 Å². The third-order valence-corrected chi connectivity index (χ3v) is 2.71. The fourth-order valence-corrected chi connectivity index (χ4v) is 1.88. The van der Waals surface area contributed by atoms with E-state index >= 15 is 0 Å². The van der Waals surface area contributed by atoms with Crippen molar-refractivity contribution in [1.82, 2.24) is 5.32 Å². The highest BCUT2D eigenvalue weighted by atomic mass is 14.9. The number of allylic oxidation sites excluding steroid dienone is 1. The maximum absolute atomic E-state index is 3.20. The van der Waals surface area contributed by atoms with Crippen LogP contribution in [0, 0.1) is 6.42 Å². The average Bonchev–Trinajstić information content (AvgIpc) is 2.71. The second-order valence-corrected chi connectivity index (χ2v) is 3.48. The number of likely N-dealkylation sites (N-methyl/N-ethyl adjacent to an activating group) is 1. The minimum atomic E-state index is 1.14. The second-order valence-electron chi connectivity index (χ2n) is 3.48. The predicted molar refractivity (Wildman–Crippen MR) is 66.0 cm³/mol. The molecule has 0 aromatic heterocycles. The molecular weight excluding hydrogens is 186 g/mol. The molecule has 0 aliphatic heterocycles. The normalized spacial score (nSPS) is 13.1. The lowest BCUT2D eigenvalue weighted by molar-refractivity contribution is 1.03. The molecule has 15 heavy (non-hydrogen) atoms. The van der Waals surface area contributed by atoms with E-state index in [0.29, 0.717) is 0 Å². The predicted octanol–water partition coefficient (Wildman–Crippen LogP) is 1.90. The molecule has 0 heterocycles. The Bertz CT molecular complexity index is 408. The molecule has 0 spiro atoms. The molecule has 1 aliphatic carbocycles. The number of hydrogen-bond donors (Lipinski definition) is 3. The molecule has 1 aromatic rings. The highest BCUT2D eigenvalue weighted by Crippen LogP contribution is 2.36. The van der Waals surface area contributed by atoms with Crippen molar-refractivity contribution >= 4 is 17.5 Å². The molecule has 1 radical (unpaired) electrons. The molecule has 3 N–H and O–H groups in total. The SMILES string of the molecule is CNC1=Cc2c(NC)ccc(NC)c2[CH]1. The molecule has 0 bridgehead atoms. The molecule has 0 fully saturated rings. The lowest BCUT2D eigenvalue weighted by Crippen LogP contribution is -2.03. The van der Waals surface area contributed by atoms with Crippen molar-refractivity contribution in [1.29, 1.82) is 0 Å². The summed E-state index contributed by atoms with van der Waals surface area (Å²) in [6, 6.07) is 4.18. The van der Waals surface area contributed by atoms with Crippen molar-refractivity contribution in [3.05, 3.63) is 35.4 Å². The molecule has 0 unspecified atom stereocenters. The molecule has 3 nitrogen and oxygen atoms in total. The summed E-state index contributed by atoms with van der Waals surface area (Å²) in [5, 5.41) is 9.57. The summed E-state index contributed by atoms with van der Waals surface area (Å²) in [6.07, 6.45) is 4.31. The van der Waals surface area contributed by atoms with Crippen LogP contribution in [0.2, 0.25) is 0 Å². The Morgan fingerprint density at radius 1 is 0.800 bits per heavy atom. The summed E-state index contributed by atoms with van der Waals surface area (Å²) in [4.78, 5) is 0. The van der Waals surface area contributed by atoms with Gasteiger partial charge in [0.1, 0.15) is 0 Å². The largest absolute Gasteiger partial charge is 0.391 e. The van der Waals surface area contributed by atoms with E-state index in [9.17, 15) is 0 Å². The first-order valence-electron chi connectivity index (χ1n) is 5.07. The number of anilines is 2. The zero-order valence-electron chi connectivity index (χ0n) is 9.31. The van der Waals surface area contributed by atoms with E-state index in [4.69, 9.17) is 0 Å². The molecule has 0 atom stereocenters. The highest BCUT2D eigenvalue weighted by molar-refractivity contribution is 5.84. The standard InChI is InChI=1S/C12H16N3/c1-13-8-6-9-10(7-8)12(15-3)5-4-11(9)14-2/h4-7,13-15H,1-3H3. The molecule has 0 amide bonds. The summed E-state index contributed by atoms with van der Waals surface area (Å²) in [7, 11) is 5.83. The van der Waals surface area contributed by atoms with E-state index in [-0.39, 0.29) is 0 Å². The van der Waals surface area contributed by atoms with Crippen molar-refractivity contribution in [3.63, 3.8) is 0 Å². The molecule has 1 aliphatic rings. The van der Waals surface area contributed by atoms with Crippen molar-refractivity contribution in [2.45, 2.75) is 0 Å². The van der Waals surface area contributed by atoms with E-state index in [2.05, 4.69) is 40.6 Å². The van der Waals surface area contributed by atoms with Gasteiger partial charge in [0, 0.05) is 50.2 Å². The van der Waals surface area contributed by atoms with Gasteiger partial charge < -0.3 is 16.0 Å². The lowest BCUT2D eigenvalue weighted by Gasteiger charge is -2.11. The van der Waals surface area contributed by atoms with Gasteiger partial charge >= 0.3 is 0 Å². The summed E-state index contributed by atoms with van der Waals surface area (Å²) >= 11 is 0. The Balaban J connectivity index is 2.51. The zero-order valence-corrected chi connectivity index (χ0v) is 9.31. The van der Waals surface area contributed by atoms with Gasteiger partial charge in [0.15, 0.2) is 0 Å². The molecule has 79 valence electrons. The van der Waals surface area contributed by atoms with Gasteiger partial charge in [-0.25, -0.2) is 0 Å². The van der Waals surface area contributed by atoms with Crippen molar-refractivity contribution < 1.29 is 0 Å². The van der Waals surface area contributed by atoms with Gasteiger partial charge in [-0.2, -0.15) is 0 Å². The summed E-state index contributed by atoms with van der Waals surface area (Å²) in [5.74, 6) is 0. The topological polar surface area (TPSA) is 36.1 Å². The Hall–Kier alpha value is -1.64. The second kappa shape index (κ2) is 3.85. The fourth-order valence-electron chi connectivity index (χ4n) is 1.88. The van der Waals surface area contributed by atoms with E-state index in [1.165, 1.54) is 11.1 Å². The van der Waals surface area contributed by atoms with Crippen LogP contribution in [0.5, 0.6) is 0 Å². The Kier molecular flexibility index (Phi) is 2.54. The van der Waals surface area contributed by atoms with Crippen LogP contribution in [0.1, 0.15) is 11.1 Å². The first kappa shape index (κ1) is 9.90. The Labute approximate surface area is 90.6 Å². The van der Waals surface area contributed by atoms with Gasteiger partial charge in [-0.05, 0) is 23.8 Å². The average molecular weight is 202 g/mol. The van der Waals surface area contributed by atoms with Crippen LogP contribution >= 0.6 is 0 Å². The maximum atomic E-state index is 3.20. The van der Waals surface area contributed by atoms with Crippen molar-refractivity contribution in [2.24, 2.45) is 0 Å². The number of rotatable bonds is 3. The van der Waals surface area contributed by atoms with Crippen LogP contribution in [0.15, 0.2) is 17.8 Å². The van der Waals surface area contributed by atoms with Gasteiger partial charge in [0.25, 0.3) is 0 Å². The molecule has 0 saturated carbocycles. The van der Waals surface area contributed by atoms with Gasteiger partial charge in [-0.3, -0.25) is 0 Å². The Morgan fingerprint density at radius 2 is 1.40 bits per heavy atom. The quantitative estimate of drug-likeness (QED) is 0.700. The fraction of sp³-hybridized carbons (Fsp3) is 0.250. The monoisotopic (exact) mass is 202 g/mol. The van der Waals surface area contributed by atoms with Gasteiger partial charge in [-0.1, -0.05) is 0 Å². The van der Waals surface area contributed by atoms with Crippen LogP contribution in [0.3, 0.4) is 0 Å².